The number of unbranched alkanes of at least 4 members (excludes halogenated alkanes) is 1. The number of rotatable bonds is 6. The van der Waals surface area contributed by atoms with Gasteiger partial charge in [0.2, 0.25) is 0 Å². The molecule has 0 aromatic heterocycles. The molecule has 0 bridgehead atoms. The van der Waals surface area contributed by atoms with Crippen LogP contribution in [0.5, 0.6) is 0 Å². The lowest BCUT2D eigenvalue weighted by molar-refractivity contribution is 0.820. The zero-order chi connectivity index (χ0) is 8.53. The summed E-state index contributed by atoms with van der Waals surface area (Å²) in [6, 6.07) is 0. The highest BCUT2D eigenvalue weighted by molar-refractivity contribution is 7.99. The van der Waals surface area contributed by atoms with Gasteiger partial charge in [-0.15, -0.1) is 12.3 Å². The second-order valence-corrected chi connectivity index (χ2v) is 4.11. The minimum absolute atomic E-state index is 0.692. The van der Waals surface area contributed by atoms with Crippen LogP contribution in [0.15, 0.2) is 0 Å². The van der Waals surface area contributed by atoms with Crippen LogP contribution in [0.2, 0.25) is 0 Å². The molecule has 0 radical (unpaired) electrons. The average Bonchev–Trinajstić information content (AvgIpc) is 1.99. The van der Waals surface area contributed by atoms with Crippen LogP contribution >= 0.6 is 11.8 Å². The minimum atomic E-state index is 0.692. The van der Waals surface area contributed by atoms with Gasteiger partial charge in [-0.2, -0.15) is 11.8 Å². The van der Waals surface area contributed by atoms with Crippen LogP contribution in [0.4, 0.5) is 0 Å². The molecule has 1 nitrogen and oxygen atoms in total. The van der Waals surface area contributed by atoms with E-state index in [1.54, 1.807) is 0 Å². The molecule has 0 aliphatic carbocycles. The third-order valence-corrected chi connectivity index (χ3v) is 2.77. The second-order valence-electron chi connectivity index (χ2n) is 2.57. The Bertz CT molecular complexity index is 117. The monoisotopic (exact) mass is 171 g/mol. The summed E-state index contributed by atoms with van der Waals surface area (Å²) in [6.07, 6.45) is 8.28. The van der Waals surface area contributed by atoms with Crippen LogP contribution in [-0.2, 0) is 0 Å². The molecule has 0 fully saturated rings. The van der Waals surface area contributed by atoms with E-state index < -0.39 is 0 Å². The predicted octanol–water partition coefficient (Wildman–Crippen LogP) is 1.87. The van der Waals surface area contributed by atoms with Gasteiger partial charge in [0.05, 0.1) is 0 Å². The van der Waals surface area contributed by atoms with Gasteiger partial charge in [0.1, 0.15) is 0 Å². The van der Waals surface area contributed by atoms with Crippen molar-refractivity contribution in [1.29, 1.82) is 0 Å². The van der Waals surface area contributed by atoms with Gasteiger partial charge in [-0.3, -0.25) is 0 Å². The molecule has 0 aromatic carbocycles. The third-order valence-electron chi connectivity index (χ3n) is 1.44. The van der Waals surface area contributed by atoms with E-state index in [-0.39, 0.29) is 0 Å². The van der Waals surface area contributed by atoms with E-state index in [2.05, 4.69) is 12.8 Å². The summed E-state index contributed by atoms with van der Waals surface area (Å²) in [5.74, 6) is 3.81. The maximum absolute atomic E-state index is 5.41. The quantitative estimate of drug-likeness (QED) is 0.488. The average molecular weight is 171 g/mol. The van der Waals surface area contributed by atoms with E-state index in [4.69, 9.17) is 12.2 Å². The van der Waals surface area contributed by atoms with Gasteiger partial charge in [0.15, 0.2) is 0 Å². The van der Waals surface area contributed by atoms with E-state index in [1.807, 2.05) is 11.8 Å². The molecule has 11 heavy (non-hydrogen) atoms. The zero-order valence-corrected chi connectivity index (χ0v) is 7.99. The highest BCUT2D eigenvalue weighted by Gasteiger charge is 1.99. The summed E-state index contributed by atoms with van der Waals surface area (Å²) in [5.41, 5.74) is 5.41. The van der Waals surface area contributed by atoms with E-state index in [0.717, 1.165) is 25.8 Å². The Kier molecular flexibility index (Phi) is 7.88. The van der Waals surface area contributed by atoms with Gasteiger partial charge < -0.3 is 5.73 Å². The Hall–Kier alpha value is -0.130. The largest absolute Gasteiger partial charge is 0.330 e. The lowest BCUT2D eigenvalue weighted by Crippen LogP contribution is -2.07. The molecule has 1 atom stereocenters. The number of thioether (sulfide) groups is 1. The molecular formula is C9H17NS. The van der Waals surface area contributed by atoms with Crippen LogP contribution < -0.4 is 5.73 Å². The summed E-state index contributed by atoms with van der Waals surface area (Å²) in [7, 11) is 0. The highest BCUT2D eigenvalue weighted by Crippen LogP contribution is 2.14. The van der Waals surface area contributed by atoms with Gasteiger partial charge in [-0.05, 0) is 25.1 Å². The molecule has 0 rings (SSSR count). The molecule has 2 N–H and O–H groups in total. The van der Waals surface area contributed by atoms with E-state index in [0.29, 0.717) is 5.25 Å². The van der Waals surface area contributed by atoms with Crippen molar-refractivity contribution in [3.8, 4) is 12.3 Å². The van der Waals surface area contributed by atoms with E-state index in [1.165, 1.54) is 5.75 Å². The summed E-state index contributed by atoms with van der Waals surface area (Å²) >= 11 is 1.97. The first-order valence-corrected chi connectivity index (χ1v) is 5.11. The highest BCUT2D eigenvalue weighted by atomic mass is 32.2. The fourth-order valence-electron chi connectivity index (χ4n) is 0.777. The molecule has 0 heterocycles. The number of hydrogen-bond donors (Lipinski definition) is 1. The van der Waals surface area contributed by atoms with Gasteiger partial charge >= 0.3 is 0 Å². The Morgan fingerprint density at radius 2 is 2.36 bits per heavy atom. The fourth-order valence-corrected chi connectivity index (χ4v) is 1.79. The van der Waals surface area contributed by atoms with Crippen molar-refractivity contribution in [2.45, 2.75) is 31.4 Å². The molecule has 0 saturated carbocycles. The van der Waals surface area contributed by atoms with Crippen molar-refractivity contribution in [2.24, 2.45) is 5.73 Å². The molecule has 0 amide bonds. The zero-order valence-electron chi connectivity index (χ0n) is 7.18. The molecule has 1 unspecified atom stereocenters. The van der Waals surface area contributed by atoms with Crippen molar-refractivity contribution >= 4 is 11.8 Å². The molecule has 0 spiro atoms. The maximum atomic E-state index is 5.41. The van der Waals surface area contributed by atoms with Crippen LogP contribution in [0, 0.1) is 12.3 Å². The van der Waals surface area contributed by atoms with E-state index >= 15 is 0 Å². The topological polar surface area (TPSA) is 26.0 Å². The molecule has 0 saturated heterocycles. The first kappa shape index (κ1) is 10.9. The first-order valence-electron chi connectivity index (χ1n) is 4.06. The smallest absolute Gasteiger partial charge is 0.00939 e. The Morgan fingerprint density at radius 3 is 2.91 bits per heavy atom. The van der Waals surface area contributed by atoms with Crippen molar-refractivity contribution in [2.75, 3.05) is 12.3 Å². The lowest BCUT2D eigenvalue weighted by atomic mass is 10.3. The van der Waals surface area contributed by atoms with Crippen molar-refractivity contribution in [3.63, 3.8) is 0 Å². The van der Waals surface area contributed by atoms with Gasteiger partial charge in [-0.25, -0.2) is 0 Å². The standard InChI is InChI=1S/C9H17NS/c1-3-4-5-8-11-9(2)6-7-10/h1,9H,4-8,10H2,2H3. The summed E-state index contributed by atoms with van der Waals surface area (Å²) in [5, 5.41) is 0.692. The Morgan fingerprint density at radius 1 is 1.64 bits per heavy atom. The molecule has 0 aliphatic rings. The molecule has 0 aliphatic heterocycles. The summed E-state index contributed by atoms with van der Waals surface area (Å²) in [6.45, 7) is 3.01. The molecule has 0 aromatic rings. The van der Waals surface area contributed by atoms with Crippen LogP contribution in [0.3, 0.4) is 0 Å². The third kappa shape index (κ3) is 7.77. The molecule has 2 heteroatoms. The minimum Gasteiger partial charge on any atom is -0.330 e. The second kappa shape index (κ2) is 7.97. The summed E-state index contributed by atoms with van der Waals surface area (Å²) in [4.78, 5) is 0. The fraction of sp³-hybridized carbons (Fsp3) is 0.778. The Balaban J connectivity index is 3.05. The number of hydrogen-bond acceptors (Lipinski definition) is 2. The molecule has 64 valence electrons. The van der Waals surface area contributed by atoms with Gasteiger partial charge in [-0.1, -0.05) is 6.92 Å². The van der Waals surface area contributed by atoms with Gasteiger partial charge in [0, 0.05) is 11.7 Å². The maximum Gasteiger partial charge on any atom is 0.00939 e. The molecular weight excluding hydrogens is 154 g/mol. The lowest BCUT2D eigenvalue weighted by Gasteiger charge is -2.07. The Labute approximate surface area is 74.1 Å². The van der Waals surface area contributed by atoms with Crippen LogP contribution in [0.1, 0.15) is 26.2 Å². The van der Waals surface area contributed by atoms with E-state index in [9.17, 15) is 0 Å². The number of terminal acetylenes is 1. The SMILES string of the molecule is C#CCCCSC(C)CCN. The predicted molar refractivity (Wildman–Crippen MR) is 53.7 cm³/mol. The normalized spacial score (nSPS) is 12.5. The van der Waals surface area contributed by atoms with Crippen LogP contribution in [0.25, 0.3) is 0 Å². The summed E-state index contributed by atoms with van der Waals surface area (Å²) < 4.78 is 0. The first-order chi connectivity index (χ1) is 5.31. The van der Waals surface area contributed by atoms with Crippen molar-refractivity contribution in [1.82, 2.24) is 0 Å². The van der Waals surface area contributed by atoms with Gasteiger partial charge in [0.25, 0.3) is 0 Å². The number of nitrogens with two attached hydrogens (primary N) is 1. The van der Waals surface area contributed by atoms with Crippen molar-refractivity contribution in [3.05, 3.63) is 0 Å². The van der Waals surface area contributed by atoms with Crippen LogP contribution in [-0.4, -0.2) is 17.5 Å². The van der Waals surface area contributed by atoms with Crippen molar-refractivity contribution < 1.29 is 0 Å².